The van der Waals surface area contributed by atoms with Crippen LogP contribution in [0.4, 0.5) is 0 Å². The average molecular weight is 381 g/mol. The van der Waals surface area contributed by atoms with Crippen LogP contribution in [0.25, 0.3) is 0 Å². The van der Waals surface area contributed by atoms with E-state index in [2.05, 4.69) is 56.1 Å². The summed E-state index contributed by atoms with van der Waals surface area (Å²) in [6.45, 7) is 10.6. The van der Waals surface area contributed by atoms with Crippen molar-refractivity contribution in [2.75, 3.05) is 52.4 Å². The van der Waals surface area contributed by atoms with Crippen LogP contribution in [0.15, 0.2) is 54.9 Å². The summed E-state index contributed by atoms with van der Waals surface area (Å²) in [6, 6.07) is 15.0. The quantitative estimate of drug-likeness (QED) is 0.769. The molecule has 2 aliphatic rings. The molecule has 0 N–H and O–H groups in total. The predicted octanol–water partition coefficient (Wildman–Crippen LogP) is 2.49. The topological polar surface area (TPSA) is 31.8 Å². The summed E-state index contributed by atoms with van der Waals surface area (Å²) in [5, 5.41) is 0. The molecule has 2 fully saturated rings. The van der Waals surface area contributed by atoms with E-state index < -0.39 is 0 Å². The zero-order chi connectivity index (χ0) is 19.0. The standard InChI is InChI=1S/C23H32N4O/c1-2-6-21(7-3-1)17-27-10-5-15-28-23(20-27)19-26-13-11-25(12-14-26)18-22-8-4-9-24-16-22/h1-4,6-9,16,23H,5,10-15,17-20H2. The van der Waals surface area contributed by atoms with Crippen molar-refractivity contribution in [3.05, 3.63) is 66.0 Å². The molecule has 150 valence electrons. The predicted molar refractivity (Wildman–Crippen MR) is 112 cm³/mol. The van der Waals surface area contributed by atoms with E-state index in [1.807, 2.05) is 18.5 Å². The Hall–Kier alpha value is -1.79. The first-order valence-corrected chi connectivity index (χ1v) is 10.6. The first kappa shape index (κ1) is 19.5. The summed E-state index contributed by atoms with van der Waals surface area (Å²) in [5.41, 5.74) is 2.70. The second-order valence-corrected chi connectivity index (χ2v) is 8.01. The van der Waals surface area contributed by atoms with Gasteiger partial charge in [-0.05, 0) is 23.6 Å². The molecule has 1 aromatic heterocycles. The molecule has 0 spiro atoms. The summed E-state index contributed by atoms with van der Waals surface area (Å²) in [4.78, 5) is 11.9. The summed E-state index contributed by atoms with van der Waals surface area (Å²) in [7, 11) is 0. The van der Waals surface area contributed by atoms with E-state index in [4.69, 9.17) is 4.74 Å². The van der Waals surface area contributed by atoms with Gasteiger partial charge in [0, 0.05) is 77.9 Å². The van der Waals surface area contributed by atoms with Crippen molar-refractivity contribution < 1.29 is 4.74 Å². The zero-order valence-corrected chi connectivity index (χ0v) is 16.7. The van der Waals surface area contributed by atoms with Crippen molar-refractivity contribution in [3.63, 3.8) is 0 Å². The third-order valence-corrected chi connectivity index (χ3v) is 5.74. The largest absolute Gasteiger partial charge is 0.376 e. The van der Waals surface area contributed by atoms with Crippen molar-refractivity contribution in [2.45, 2.75) is 25.6 Å². The molecule has 0 radical (unpaired) electrons. The van der Waals surface area contributed by atoms with Gasteiger partial charge in [-0.15, -0.1) is 0 Å². The number of ether oxygens (including phenoxy) is 1. The van der Waals surface area contributed by atoms with Crippen molar-refractivity contribution in [2.24, 2.45) is 0 Å². The summed E-state index contributed by atoms with van der Waals surface area (Å²) in [5.74, 6) is 0. The highest BCUT2D eigenvalue weighted by Crippen LogP contribution is 2.14. The van der Waals surface area contributed by atoms with Gasteiger partial charge >= 0.3 is 0 Å². The molecule has 28 heavy (non-hydrogen) atoms. The molecule has 3 heterocycles. The molecule has 4 rings (SSSR count). The van der Waals surface area contributed by atoms with Crippen LogP contribution in [-0.2, 0) is 17.8 Å². The lowest BCUT2D eigenvalue weighted by Crippen LogP contribution is -2.49. The van der Waals surface area contributed by atoms with Gasteiger partial charge in [0.2, 0.25) is 0 Å². The number of hydrogen-bond acceptors (Lipinski definition) is 5. The van der Waals surface area contributed by atoms with Gasteiger partial charge in [0.15, 0.2) is 0 Å². The van der Waals surface area contributed by atoms with Crippen LogP contribution < -0.4 is 0 Å². The second-order valence-electron chi connectivity index (χ2n) is 8.01. The van der Waals surface area contributed by atoms with Gasteiger partial charge in [-0.3, -0.25) is 19.7 Å². The molecule has 0 bridgehead atoms. The first-order valence-electron chi connectivity index (χ1n) is 10.6. The fourth-order valence-electron chi connectivity index (χ4n) is 4.23. The van der Waals surface area contributed by atoms with E-state index in [0.29, 0.717) is 6.10 Å². The highest BCUT2D eigenvalue weighted by Gasteiger charge is 2.24. The van der Waals surface area contributed by atoms with E-state index in [-0.39, 0.29) is 0 Å². The maximum Gasteiger partial charge on any atom is 0.0828 e. The maximum absolute atomic E-state index is 6.19. The Morgan fingerprint density at radius 2 is 1.57 bits per heavy atom. The van der Waals surface area contributed by atoms with Crippen LogP contribution in [0, 0.1) is 0 Å². The van der Waals surface area contributed by atoms with Crippen molar-refractivity contribution in [3.8, 4) is 0 Å². The van der Waals surface area contributed by atoms with E-state index in [1.165, 1.54) is 11.1 Å². The van der Waals surface area contributed by atoms with Crippen LogP contribution in [-0.4, -0.2) is 78.2 Å². The maximum atomic E-state index is 6.19. The molecule has 1 atom stereocenters. The minimum Gasteiger partial charge on any atom is -0.376 e. The highest BCUT2D eigenvalue weighted by molar-refractivity contribution is 5.14. The van der Waals surface area contributed by atoms with E-state index in [9.17, 15) is 0 Å². The van der Waals surface area contributed by atoms with Crippen LogP contribution in [0.3, 0.4) is 0 Å². The Labute approximate surface area is 168 Å². The number of rotatable bonds is 6. The Bertz CT molecular complexity index is 688. The van der Waals surface area contributed by atoms with E-state index >= 15 is 0 Å². The second kappa shape index (κ2) is 10.1. The molecular formula is C23H32N4O. The Morgan fingerprint density at radius 3 is 2.36 bits per heavy atom. The normalized spacial score (nSPS) is 22.8. The molecule has 0 saturated carbocycles. The van der Waals surface area contributed by atoms with Crippen molar-refractivity contribution in [1.29, 1.82) is 0 Å². The van der Waals surface area contributed by atoms with Crippen molar-refractivity contribution >= 4 is 0 Å². The lowest BCUT2D eigenvalue weighted by molar-refractivity contribution is 0.0123. The third kappa shape index (κ3) is 5.85. The molecule has 1 aromatic carbocycles. The van der Waals surface area contributed by atoms with Gasteiger partial charge in [-0.25, -0.2) is 0 Å². The highest BCUT2D eigenvalue weighted by atomic mass is 16.5. The summed E-state index contributed by atoms with van der Waals surface area (Å²) >= 11 is 0. The van der Waals surface area contributed by atoms with Gasteiger partial charge in [0.05, 0.1) is 6.10 Å². The van der Waals surface area contributed by atoms with Crippen LogP contribution in [0.2, 0.25) is 0 Å². The van der Waals surface area contributed by atoms with Gasteiger partial charge in [-0.1, -0.05) is 36.4 Å². The number of aromatic nitrogens is 1. The van der Waals surface area contributed by atoms with Gasteiger partial charge in [-0.2, -0.15) is 0 Å². The Morgan fingerprint density at radius 1 is 0.821 bits per heavy atom. The first-order chi connectivity index (χ1) is 13.8. The third-order valence-electron chi connectivity index (χ3n) is 5.74. The van der Waals surface area contributed by atoms with E-state index in [1.54, 1.807) is 0 Å². The zero-order valence-electron chi connectivity index (χ0n) is 16.7. The smallest absolute Gasteiger partial charge is 0.0828 e. The minimum absolute atomic E-state index is 0.316. The summed E-state index contributed by atoms with van der Waals surface area (Å²) < 4.78 is 6.19. The van der Waals surface area contributed by atoms with Gasteiger partial charge in [0.25, 0.3) is 0 Å². The van der Waals surface area contributed by atoms with Crippen molar-refractivity contribution in [1.82, 2.24) is 19.7 Å². The van der Waals surface area contributed by atoms with E-state index in [0.717, 1.165) is 71.9 Å². The number of benzene rings is 1. The Balaban J connectivity index is 1.23. The fourth-order valence-corrected chi connectivity index (χ4v) is 4.23. The molecule has 2 saturated heterocycles. The fraction of sp³-hybridized carbons (Fsp3) is 0.522. The molecule has 0 aliphatic carbocycles. The molecule has 2 aliphatic heterocycles. The van der Waals surface area contributed by atoms with Gasteiger partial charge in [0.1, 0.15) is 0 Å². The number of hydrogen-bond donors (Lipinski definition) is 0. The molecule has 0 amide bonds. The van der Waals surface area contributed by atoms with Gasteiger partial charge < -0.3 is 4.74 Å². The molecule has 5 nitrogen and oxygen atoms in total. The Kier molecular flexibility index (Phi) is 7.06. The molecule has 1 unspecified atom stereocenters. The SMILES string of the molecule is c1ccc(CN2CCCOC(CN3CCN(Cc4cccnc4)CC3)C2)cc1. The lowest BCUT2D eigenvalue weighted by Gasteiger charge is -2.36. The number of pyridine rings is 1. The molecule has 5 heteroatoms. The number of nitrogens with zero attached hydrogens (tertiary/aromatic N) is 4. The molecular weight excluding hydrogens is 348 g/mol. The molecule has 2 aromatic rings. The van der Waals surface area contributed by atoms with Crippen LogP contribution >= 0.6 is 0 Å². The monoisotopic (exact) mass is 380 g/mol. The van der Waals surface area contributed by atoms with Crippen LogP contribution in [0.1, 0.15) is 17.5 Å². The van der Waals surface area contributed by atoms with Crippen LogP contribution in [0.5, 0.6) is 0 Å². The average Bonchev–Trinajstić information content (AvgIpc) is 2.96. The number of piperazine rings is 1. The lowest BCUT2D eigenvalue weighted by atomic mass is 10.2. The summed E-state index contributed by atoms with van der Waals surface area (Å²) in [6.07, 6.45) is 5.26. The minimum atomic E-state index is 0.316.